The molecule has 6 heteroatoms. The van der Waals surface area contributed by atoms with Crippen LogP contribution in [0.4, 0.5) is 5.69 Å². The molecule has 2 aromatic carbocycles. The number of benzene rings is 2. The predicted molar refractivity (Wildman–Crippen MR) is 92.0 cm³/mol. The summed E-state index contributed by atoms with van der Waals surface area (Å²) in [5.41, 5.74) is 1.34. The second-order valence-electron chi connectivity index (χ2n) is 3.90. The smallest absolute Gasteiger partial charge is 0.258 e. The second-order valence-corrected chi connectivity index (χ2v) is 6.08. The Morgan fingerprint density at radius 1 is 1.05 bits per heavy atom. The normalized spacial score (nSPS) is 9.90. The molecule has 0 aliphatic carbocycles. The molecule has 0 fully saturated rings. The van der Waals surface area contributed by atoms with E-state index in [0.717, 1.165) is 14.6 Å². The van der Waals surface area contributed by atoms with Crippen molar-refractivity contribution in [1.29, 1.82) is 0 Å². The quantitative estimate of drug-likeness (QED) is 0.719. The van der Waals surface area contributed by atoms with Crippen LogP contribution in [0.1, 0.15) is 10.4 Å². The van der Waals surface area contributed by atoms with Crippen LogP contribution in [0.2, 0.25) is 0 Å². The molecule has 0 saturated heterocycles. The standard InChI is InChI=1S/C14H10Br2N2OS/c15-9-4-3-5-10(8-9)17-14(20)18-13(19)11-6-1-2-7-12(11)16/h1-8H,(H2,17,18,19,20). The summed E-state index contributed by atoms with van der Waals surface area (Å²) < 4.78 is 1.66. The van der Waals surface area contributed by atoms with E-state index in [1.165, 1.54) is 0 Å². The first-order valence-corrected chi connectivity index (χ1v) is 7.68. The van der Waals surface area contributed by atoms with Crippen molar-refractivity contribution in [2.24, 2.45) is 0 Å². The molecule has 0 bridgehead atoms. The number of carbonyl (C=O) groups excluding carboxylic acids is 1. The van der Waals surface area contributed by atoms with Crippen molar-refractivity contribution in [2.75, 3.05) is 5.32 Å². The van der Waals surface area contributed by atoms with Gasteiger partial charge in [-0.25, -0.2) is 0 Å². The molecule has 0 aliphatic rings. The maximum absolute atomic E-state index is 12.1. The number of hydrogen-bond acceptors (Lipinski definition) is 2. The lowest BCUT2D eigenvalue weighted by molar-refractivity contribution is 0.0977. The van der Waals surface area contributed by atoms with Crippen LogP contribution in [-0.4, -0.2) is 11.0 Å². The molecule has 0 atom stereocenters. The van der Waals surface area contributed by atoms with Crippen LogP contribution in [0.5, 0.6) is 0 Å². The average Bonchev–Trinajstić information content (AvgIpc) is 2.38. The fraction of sp³-hybridized carbons (Fsp3) is 0. The number of amides is 1. The monoisotopic (exact) mass is 412 g/mol. The van der Waals surface area contributed by atoms with Gasteiger partial charge in [0.2, 0.25) is 0 Å². The van der Waals surface area contributed by atoms with E-state index in [0.29, 0.717) is 5.56 Å². The third-order valence-corrected chi connectivity index (χ3v) is 3.82. The van der Waals surface area contributed by atoms with Crippen LogP contribution in [-0.2, 0) is 0 Å². The molecule has 1 amide bonds. The molecule has 0 aliphatic heterocycles. The lowest BCUT2D eigenvalue weighted by Crippen LogP contribution is -2.34. The van der Waals surface area contributed by atoms with Gasteiger partial charge in [-0.15, -0.1) is 0 Å². The van der Waals surface area contributed by atoms with Gasteiger partial charge in [0, 0.05) is 14.6 Å². The highest BCUT2D eigenvalue weighted by Crippen LogP contribution is 2.17. The maximum atomic E-state index is 12.1. The van der Waals surface area contributed by atoms with E-state index in [-0.39, 0.29) is 11.0 Å². The van der Waals surface area contributed by atoms with Crippen LogP contribution in [0.3, 0.4) is 0 Å². The van der Waals surface area contributed by atoms with Gasteiger partial charge in [-0.3, -0.25) is 10.1 Å². The first kappa shape index (κ1) is 15.2. The number of thiocarbonyl (C=S) groups is 1. The summed E-state index contributed by atoms with van der Waals surface area (Å²) in [4.78, 5) is 12.1. The van der Waals surface area contributed by atoms with Gasteiger partial charge in [0.05, 0.1) is 5.56 Å². The van der Waals surface area contributed by atoms with Crippen molar-refractivity contribution in [3.05, 3.63) is 63.0 Å². The molecule has 2 rings (SSSR count). The number of halogens is 2. The van der Waals surface area contributed by atoms with Gasteiger partial charge in [-0.1, -0.05) is 34.1 Å². The minimum Gasteiger partial charge on any atom is -0.332 e. The Balaban J connectivity index is 2.02. The lowest BCUT2D eigenvalue weighted by atomic mass is 10.2. The molecule has 20 heavy (non-hydrogen) atoms. The Hall–Kier alpha value is -1.24. The predicted octanol–water partition coefficient (Wildman–Crippen LogP) is 4.34. The zero-order chi connectivity index (χ0) is 14.5. The highest BCUT2D eigenvalue weighted by molar-refractivity contribution is 9.10. The fourth-order valence-corrected chi connectivity index (χ4v) is 2.62. The molecule has 0 aromatic heterocycles. The average molecular weight is 414 g/mol. The van der Waals surface area contributed by atoms with E-state index in [1.54, 1.807) is 18.2 Å². The van der Waals surface area contributed by atoms with E-state index < -0.39 is 0 Å². The molecule has 102 valence electrons. The zero-order valence-corrected chi connectivity index (χ0v) is 14.2. The van der Waals surface area contributed by atoms with Gasteiger partial charge in [0.1, 0.15) is 0 Å². The van der Waals surface area contributed by atoms with Crippen molar-refractivity contribution < 1.29 is 4.79 Å². The van der Waals surface area contributed by atoms with E-state index in [2.05, 4.69) is 42.5 Å². The van der Waals surface area contributed by atoms with E-state index in [1.807, 2.05) is 30.3 Å². The number of anilines is 1. The first-order valence-electron chi connectivity index (χ1n) is 5.68. The largest absolute Gasteiger partial charge is 0.332 e. The minimum atomic E-state index is -0.259. The molecule has 2 aromatic rings. The summed E-state index contributed by atoms with van der Waals surface area (Å²) in [6.07, 6.45) is 0. The summed E-state index contributed by atoms with van der Waals surface area (Å²) in [5.74, 6) is -0.259. The summed E-state index contributed by atoms with van der Waals surface area (Å²) >= 11 is 11.8. The third-order valence-electron chi connectivity index (χ3n) is 2.43. The molecule has 0 unspecified atom stereocenters. The Labute approximate surface area is 139 Å². The third kappa shape index (κ3) is 4.13. The molecular formula is C14H10Br2N2OS. The van der Waals surface area contributed by atoms with Gasteiger partial charge < -0.3 is 5.32 Å². The van der Waals surface area contributed by atoms with E-state index >= 15 is 0 Å². The molecule has 0 saturated carbocycles. The highest BCUT2D eigenvalue weighted by atomic mass is 79.9. The SMILES string of the molecule is O=C(NC(=S)Nc1cccc(Br)c1)c1ccccc1Br. The molecule has 2 N–H and O–H groups in total. The van der Waals surface area contributed by atoms with E-state index in [4.69, 9.17) is 12.2 Å². The molecule has 3 nitrogen and oxygen atoms in total. The van der Waals surface area contributed by atoms with Crippen LogP contribution >= 0.6 is 44.1 Å². The number of nitrogens with one attached hydrogen (secondary N) is 2. The van der Waals surface area contributed by atoms with Crippen molar-refractivity contribution >= 4 is 60.8 Å². The Morgan fingerprint density at radius 2 is 1.80 bits per heavy atom. The lowest BCUT2D eigenvalue weighted by Gasteiger charge is -2.10. The Morgan fingerprint density at radius 3 is 2.50 bits per heavy atom. The summed E-state index contributed by atoms with van der Waals surface area (Å²) in [5, 5.41) is 5.85. The molecule has 0 heterocycles. The van der Waals surface area contributed by atoms with Crippen LogP contribution < -0.4 is 10.6 Å². The highest BCUT2D eigenvalue weighted by Gasteiger charge is 2.10. The number of hydrogen-bond donors (Lipinski definition) is 2. The van der Waals surface area contributed by atoms with Gasteiger partial charge in [-0.2, -0.15) is 0 Å². The topological polar surface area (TPSA) is 41.1 Å². The Bertz CT molecular complexity index is 661. The zero-order valence-electron chi connectivity index (χ0n) is 10.2. The Kier molecular flexibility index (Phi) is 5.28. The van der Waals surface area contributed by atoms with Crippen LogP contribution in [0.15, 0.2) is 57.5 Å². The summed E-state index contributed by atoms with van der Waals surface area (Å²) in [6, 6.07) is 14.7. The second kappa shape index (κ2) is 6.97. The minimum absolute atomic E-state index is 0.254. The number of carbonyl (C=O) groups is 1. The van der Waals surface area contributed by atoms with Crippen molar-refractivity contribution in [3.63, 3.8) is 0 Å². The van der Waals surface area contributed by atoms with Crippen molar-refractivity contribution in [3.8, 4) is 0 Å². The summed E-state index contributed by atoms with van der Waals surface area (Å²) in [6.45, 7) is 0. The van der Waals surface area contributed by atoms with Gasteiger partial charge in [-0.05, 0) is 58.5 Å². The first-order chi connectivity index (χ1) is 9.56. The van der Waals surface area contributed by atoms with Crippen molar-refractivity contribution in [2.45, 2.75) is 0 Å². The van der Waals surface area contributed by atoms with E-state index in [9.17, 15) is 4.79 Å². The molecular weight excluding hydrogens is 404 g/mol. The summed E-state index contributed by atoms with van der Waals surface area (Å²) in [7, 11) is 0. The van der Waals surface area contributed by atoms with Crippen molar-refractivity contribution in [1.82, 2.24) is 5.32 Å². The van der Waals surface area contributed by atoms with Gasteiger partial charge in [0.15, 0.2) is 5.11 Å². The maximum Gasteiger partial charge on any atom is 0.258 e. The van der Waals surface area contributed by atoms with Gasteiger partial charge in [0.25, 0.3) is 5.91 Å². The van der Waals surface area contributed by atoms with Gasteiger partial charge >= 0.3 is 0 Å². The van der Waals surface area contributed by atoms with Crippen LogP contribution in [0.25, 0.3) is 0 Å². The fourth-order valence-electron chi connectivity index (χ4n) is 1.54. The number of rotatable bonds is 2. The molecule has 0 spiro atoms. The van der Waals surface area contributed by atoms with Crippen LogP contribution in [0, 0.1) is 0 Å². The molecule has 0 radical (unpaired) electrons.